The van der Waals surface area contributed by atoms with Gasteiger partial charge in [0.15, 0.2) is 23.7 Å². The van der Waals surface area contributed by atoms with Crippen molar-refractivity contribution in [3.63, 3.8) is 0 Å². The van der Waals surface area contributed by atoms with Crippen LogP contribution in [0.5, 0.6) is 17.2 Å². The van der Waals surface area contributed by atoms with Gasteiger partial charge in [-0.05, 0) is 42.7 Å². The number of fused-ring (bicyclic) bond motifs is 2. The molecule has 1 aromatic heterocycles. The fourth-order valence-electron chi connectivity index (χ4n) is 5.56. The predicted octanol–water partition coefficient (Wildman–Crippen LogP) is 3.52. The van der Waals surface area contributed by atoms with Crippen molar-refractivity contribution in [1.29, 1.82) is 0 Å². The average molecular weight is 655 g/mol. The molecule has 0 spiro atoms. The van der Waals surface area contributed by atoms with Crippen LogP contribution in [0.25, 0.3) is 22.1 Å². The topological polar surface area (TPSA) is 172 Å². The average Bonchev–Trinajstić information content (AvgIpc) is 3.46. The zero-order chi connectivity index (χ0) is 34.0. The van der Waals surface area contributed by atoms with Crippen molar-refractivity contribution in [2.24, 2.45) is 0 Å². The Morgan fingerprint density at radius 2 is 1.49 bits per heavy atom. The molecule has 14 nitrogen and oxygen atoms in total. The van der Waals surface area contributed by atoms with Crippen molar-refractivity contribution in [3.8, 4) is 28.4 Å². The van der Waals surface area contributed by atoms with Gasteiger partial charge < -0.3 is 42.3 Å². The second-order valence-corrected chi connectivity index (χ2v) is 10.9. The van der Waals surface area contributed by atoms with Crippen LogP contribution in [0.15, 0.2) is 39.5 Å². The zero-order valence-electron chi connectivity index (χ0n) is 26.6. The molecule has 14 heteroatoms. The molecule has 2 aliphatic heterocycles. The Morgan fingerprint density at radius 1 is 0.830 bits per heavy atom. The Balaban J connectivity index is 1.56. The summed E-state index contributed by atoms with van der Waals surface area (Å²) in [6, 6.07) is 8.35. The SMILES string of the molecule is CCc1cc2c(=O)c(-c3ccc4c(c3)OCO4)c(C)oc2cc1O[C@H]1OC(COC(C)=O)[C@@H](OC(C)=O)C(OC(C)=O)C1OC(C)=O. The minimum absolute atomic E-state index is 0.0896. The largest absolute Gasteiger partial charge is 0.463 e. The van der Waals surface area contributed by atoms with E-state index in [9.17, 15) is 24.0 Å². The molecule has 3 heterocycles. The monoisotopic (exact) mass is 654 g/mol. The van der Waals surface area contributed by atoms with Gasteiger partial charge in [-0.3, -0.25) is 24.0 Å². The molecule has 5 rings (SSSR count). The number of hydrogen-bond acceptors (Lipinski definition) is 14. The Hall–Kier alpha value is -5.11. The van der Waals surface area contributed by atoms with Gasteiger partial charge in [-0.25, -0.2) is 0 Å². The van der Waals surface area contributed by atoms with Crippen molar-refractivity contribution in [2.75, 3.05) is 13.4 Å². The lowest BCUT2D eigenvalue weighted by atomic mass is 9.97. The van der Waals surface area contributed by atoms with Crippen LogP contribution >= 0.6 is 0 Å². The maximum absolute atomic E-state index is 13.8. The summed E-state index contributed by atoms with van der Waals surface area (Å²) in [6.07, 6.45) is -6.44. The van der Waals surface area contributed by atoms with E-state index < -0.39 is 61.2 Å². The van der Waals surface area contributed by atoms with E-state index in [1.807, 2.05) is 6.92 Å². The van der Waals surface area contributed by atoms with Crippen molar-refractivity contribution >= 4 is 34.8 Å². The first kappa shape index (κ1) is 33.3. The van der Waals surface area contributed by atoms with E-state index in [4.69, 9.17) is 42.3 Å². The third-order valence-corrected chi connectivity index (χ3v) is 7.48. The molecule has 0 amide bonds. The van der Waals surface area contributed by atoms with Crippen LogP contribution in [0, 0.1) is 6.92 Å². The van der Waals surface area contributed by atoms with E-state index in [2.05, 4.69) is 0 Å². The van der Waals surface area contributed by atoms with Gasteiger partial charge in [-0.2, -0.15) is 0 Å². The van der Waals surface area contributed by atoms with E-state index >= 15 is 0 Å². The Kier molecular flexibility index (Phi) is 9.70. The predicted molar refractivity (Wildman–Crippen MR) is 161 cm³/mol. The van der Waals surface area contributed by atoms with Gasteiger partial charge in [0.1, 0.15) is 29.8 Å². The highest BCUT2D eigenvalue weighted by atomic mass is 16.7. The van der Waals surface area contributed by atoms with Gasteiger partial charge in [0, 0.05) is 33.8 Å². The highest BCUT2D eigenvalue weighted by Crippen LogP contribution is 2.38. The molecule has 0 N–H and O–H groups in total. The number of carbonyl (C=O) groups is 4. The summed E-state index contributed by atoms with van der Waals surface area (Å²) in [7, 11) is 0. The highest BCUT2D eigenvalue weighted by Gasteiger charge is 2.53. The Labute approximate surface area is 268 Å². The van der Waals surface area contributed by atoms with E-state index in [1.54, 1.807) is 31.2 Å². The molecule has 5 atom stereocenters. The second kappa shape index (κ2) is 13.7. The number of esters is 4. The molecule has 250 valence electrons. The van der Waals surface area contributed by atoms with Crippen LogP contribution in [0.1, 0.15) is 45.9 Å². The maximum atomic E-state index is 13.8. The van der Waals surface area contributed by atoms with Crippen LogP contribution in [0.3, 0.4) is 0 Å². The van der Waals surface area contributed by atoms with Gasteiger partial charge in [-0.15, -0.1) is 0 Å². The van der Waals surface area contributed by atoms with Crippen LogP contribution in [0.4, 0.5) is 0 Å². The molecule has 1 saturated heterocycles. The minimum Gasteiger partial charge on any atom is -0.463 e. The third-order valence-electron chi connectivity index (χ3n) is 7.48. The molecule has 3 aromatic rings. The zero-order valence-corrected chi connectivity index (χ0v) is 26.6. The number of aryl methyl sites for hydroxylation is 2. The minimum atomic E-state index is -1.46. The summed E-state index contributed by atoms with van der Waals surface area (Å²) in [4.78, 5) is 62.0. The molecule has 2 aromatic carbocycles. The van der Waals surface area contributed by atoms with Crippen LogP contribution in [0.2, 0.25) is 0 Å². The van der Waals surface area contributed by atoms with E-state index in [0.29, 0.717) is 40.4 Å². The van der Waals surface area contributed by atoms with Crippen LogP contribution in [-0.2, 0) is 49.3 Å². The molecule has 0 bridgehead atoms. The van der Waals surface area contributed by atoms with Crippen molar-refractivity contribution in [2.45, 2.75) is 78.7 Å². The lowest BCUT2D eigenvalue weighted by Crippen LogP contribution is -2.63. The maximum Gasteiger partial charge on any atom is 0.303 e. The van der Waals surface area contributed by atoms with E-state index in [1.165, 1.54) is 13.0 Å². The van der Waals surface area contributed by atoms with E-state index in [0.717, 1.165) is 20.8 Å². The molecule has 2 aliphatic rings. The van der Waals surface area contributed by atoms with Crippen LogP contribution < -0.4 is 19.6 Å². The molecular formula is C33H34O14. The van der Waals surface area contributed by atoms with Gasteiger partial charge in [-0.1, -0.05) is 13.0 Å². The molecule has 1 fully saturated rings. The summed E-state index contributed by atoms with van der Waals surface area (Å²) < 4.78 is 50.9. The first-order chi connectivity index (χ1) is 22.4. The summed E-state index contributed by atoms with van der Waals surface area (Å²) in [5, 5.41) is 0.286. The molecule has 0 aliphatic carbocycles. The first-order valence-electron chi connectivity index (χ1n) is 14.8. The lowest BCUT2D eigenvalue weighted by molar-refractivity contribution is -0.288. The van der Waals surface area contributed by atoms with Gasteiger partial charge >= 0.3 is 23.9 Å². The number of rotatable bonds is 9. The summed E-state index contributed by atoms with van der Waals surface area (Å²) in [6.45, 7) is 7.76. The van der Waals surface area contributed by atoms with Crippen molar-refractivity contribution in [3.05, 3.63) is 51.9 Å². The summed E-state index contributed by atoms with van der Waals surface area (Å²) in [5.74, 6) is -1.30. The fourth-order valence-corrected chi connectivity index (χ4v) is 5.56. The first-order valence-corrected chi connectivity index (χ1v) is 14.8. The summed E-state index contributed by atoms with van der Waals surface area (Å²) in [5.41, 5.74) is 1.44. The van der Waals surface area contributed by atoms with Crippen molar-refractivity contribution < 1.29 is 61.5 Å². The Bertz CT molecular complexity index is 1780. The molecule has 47 heavy (non-hydrogen) atoms. The molecule has 0 saturated carbocycles. The van der Waals surface area contributed by atoms with Gasteiger partial charge in [0.05, 0.1) is 10.9 Å². The quantitative estimate of drug-likeness (QED) is 0.242. The van der Waals surface area contributed by atoms with Gasteiger partial charge in [0.2, 0.25) is 24.6 Å². The highest BCUT2D eigenvalue weighted by molar-refractivity contribution is 5.85. The Morgan fingerprint density at radius 3 is 2.15 bits per heavy atom. The smallest absolute Gasteiger partial charge is 0.303 e. The van der Waals surface area contributed by atoms with Gasteiger partial charge in [0.25, 0.3) is 0 Å². The standard InChI is InChI=1S/C33H34O14/c1-7-20-10-22-25(42-15(2)28(29(22)38)21-8-9-23-26(11-21)41-14-40-23)12-24(20)46-33-32(45-19(6)37)31(44-18(5)36)30(43-17(4)35)27(47-33)13-39-16(3)34/h8-12,27,30-33H,7,13-14H2,1-6H3/t27?,30-,31?,32?,33+/m1/s1. The fraction of sp³-hybridized carbons (Fsp3) is 0.424. The molecule has 0 radical (unpaired) electrons. The number of benzene rings is 2. The molecular weight excluding hydrogens is 620 g/mol. The second-order valence-electron chi connectivity index (χ2n) is 10.9. The third kappa shape index (κ3) is 7.17. The number of ether oxygens (including phenoxy) is 8. The molecule has 3 unspecified atom stereocenters. The number of carbonyl (C=O) groups excluding carboxylic acids is 4. The van der Waals surface area contributed by atoms with Crippen LogP contribution in [-0.4, -0.2) is 68.0 Å². The number of hydrogen-bond donors (Lipinski definition) is 0. The normalized spacial score (nSPS) is 21.5. The lowest BCUT2D eigenvalue weighted by Gasteiger charge is -2.44. The van der Waals surface area contributed by atoms with Crippen molar-refractivity contribution in [1.82, 2.24) is 0 Å². The van der Waals surface area contributed by atoms with E-state index in [-0.39, 0.29) is 28.9 Å². The summed E-state index contributed by atoms with van der Waals surface area (Å²) >= 11 is 0.